The molecule has 0 radical (unpaired) electrons. The van der Waals surface area contributed by atoms with Crippen molar-refractivity contribution in [1.82, 2.24) is 0 Å². The number of carbonyl (C=O) groups excluding carboxylic acids is 1. The van der Waals surface area contributed by atoms with Crippen molar-refractivity contribution in [3.05, 3.63) is 12.3 Å². The molecule has 0 saturated heterocycles. The summed E-state index contributed by atoms with van der Waals surface area (Å²) in [6.07, 6.45) is 1.90. The quantitative estimate of drug-likeness (QED) is 0.266. The Bertz CT molecular complexity index is 503. The minimum atomic E-state index is -0.578. The van der Waals surface area contributed by atoms with E-state index in [1.54, 1.807) is 0 Å². The molecule has 0 heterocycles. The molecule has 0 bridgehead atoms. The predicted octanol–water partition coefficient (Wildman–Crippen LogP) is 6.39. The number of rotatable bonds is 13. The number of esters is 1. The van der Waals surface area contributed by atoms with E-state index < -0.39 is 5.60 Å². The Morgan fingerprint density at radius 1 is 0.929 bits per heavy atom. The van der Waals surface area contributed by atoms with Gasteiger partial charge in [-0.3, -0.25) is 4.79 Å². The van der Waals surface area contributed by atoms with Gasteiger partial charge < -0.3 is 14.2 Å². The van der Waals surface area contributed by atoms with Gasteiger partial charge in [0.05, 0.1) is 24.4 Å². The minimum absolute atomic E-state index is 0.0430. The van der Waals surface area contributed by atoms with Crippen molar-refractivity contribution in [3.63, 3.8) is 0 Å². The zero-order chi connectivity index (χ0) is 22.3. The van der Waals surface area contributed by atoms with Gasteiger partial charge in [0.1, 0.15) is 5.60 Å². The summed E-state index contributed by atoms with van der Waals surface area (Å²) < 4.78 is 17.3. The first-order chi connectivity index (χ1) is 12.5. The molecule has 0 fully saturated rings. The topological polar surface area (TPSA) is 44.8 Å². The normalized spacial score (nSPS) is 15.3. The Kier molecular flexibility index (Phi) is 10.3. The van der Waals surface area contributed by atoms with Gasteiger partial charge in [-0.25, -0.2) is 0 Å². The maximum atomic E-state index is 13.0. The molecule has 0 spiro atoms. The van der Waals surface area contributed by atoms with Crippen molar-refractivity contribution >= 4 is 5.97 Å². The second-order valence-corrected chi connectivity index (χ2v) is 10.4. The molecule has 0 saturated carbocycles. The smallest absolute Gasteiger partial charge is 0.309 e. The molecule has 28 heavy (non-hydrogen) atoms. The molecule has 4 heteroatoms. The standard InChI is InChI=1S/C24H46O4/c1-17(2)26-15-13-22(7,8)20(6)19(5)21(25)28-24(11,12)23(9,10)14-16-27-18(3)4/h18-20H,1,13-16H2,2-12H3. The van der Waals surface area contributed by atoms with Crippen LogP contribution in [0.5, 0.6) is 0 Å². The van der Waals surface area contributed by atoms with Crippen LogP contribution in [0, 0.1) is 22.7 Å². The fourth-order valence-electron chi connectivity index (χ4n) is 2.93. The van der Waals surface area contributed by atoms with Gasteiger partial charge in [-0.05, 0) is 58.8 Å². The third-order valence-corrected chi connectivity index (χ3v) is 6.61. The highest BCUT2D eigenvalue weighted by Crippen LogP contribution is 2.40. The molecular formula is C24H46O4. The summed E-state index contributed by atoms with van der Waals surface area (Å²) in [5.41, 5.74) is -0.810. The van der Waals surface area contributed by atoms with Gasteiger partial charge in [0, 0.05) is 12.0 Å². The van der Waals surface area contributed by atoms with Crippen LogP contribution >= 0.6 is 0 Å². The van der Waals surface area contributed by atoms with Gasteiger partial charge >= 0.3 is 5.97 Å². The molecule has 0 aromatic heterocycles. The lowest BCUT2D eigenvalue weighted by Crippen LogP contribution is -2.46. The SMILES string of the molecule is C=C(C)OCCC(C)(C)C(C)C(C)C(=O)OC(C)(C)C(C)(C)CCOC(C)C. The second-order valence-electron chi connectivity index (χ2n) is 10.4. The number of hydrogen-bond donors (Lipinski definition) is 0. The molecule has 0 aliphatic carbocycles. The van der Waals surface area contributed by atoms with Crippen molar-refractivity contribution in [1.29, 1.82) is 0 Å². The Balaban J connectivity index is 4.93. The van der Waals surface area contributed by atoms with Crippen molar-refractivity contribution in [3.8, 4) is 0 Å². The molecule has 0 rings (SSSR count). The maximum absolute atomic E-state index is 13.0. The van der Waals surface area contributed by atoms with Crippen LogP contribution in [0.15, 0.2) is 12.3 Å². The van der Waals surface area contributed by atoms with Gasteiger partial charge in [-0.1, -0.05) is 48.1 Å². The molecule has 0 aromatic carbocycles. The average molecular weight is 399 g/mol. The van der Waals surface area contributed by atoms with Crippen LogP contribution in [-0.2, 0) is 19.0 Å². The molecule has 2 atom stereocenters. The first kappa shape index (κ1) is 27.0. The Morgan fingerprint density at radius 3 is 1.93 bits per heavy atom. The molecule has 0 aromatic rings. The summed E-state index contributed by atoms with van der Waals surface area (Å²) in [6.45, 7) is 27.7. The first-order valence-electron chi connectivity index (χ1n) is 10.7. The van der Waals surface area contributed by atoms with Gasteiger partial charge in [0.15, 0.2) is 0 Å². The average Bonchev–Trinajstić information content (AvgIpc) is 2.51. The van der Waals surface area contributed by atoms with E-state index in [0.717, 1.165) is 18.6 Å². The van der Waals surface area contributed by atoms with Crippen LogP contribution in [0.25, 0.3) is 0 Å². The first-order valence-corrected chi connectivity index (χ1v) is 10.7. The summed E-state index contributed by atoms with van der Waals surface area (Å²) in [5, 5.41) is 0. The Hall–Kier alpha value is -1.03. The molecule has 2 unspecified atom stereocenters. The Labute approximate surface area is 174 Å². The molecule has 0 N–H and O–H groups in total. The lowest BCUT2D eigenvalue weighted by atomic mass is 9.71. The summed E-state index contributed by atoms with van der Waals surface area (Å²) >= 11 is 0. The van der Waals surface area contributed by atoms with E-state index in [-0.39, 0.29) is 34.7 Å². The summed E-state index contributed by atoms with van der Waals surface area (Å²) in [4.78, 5) is 13.0. The van der Waals surface area contributed by atoms with Gasteiger partial charge in [0.25, 0.3) is 0 Å². The number of allylic oxidation sites excluding steroid dienone is 1. The molecule has 0 aliphatic heterocycles. The van der Waals surface area contributed by atoms with Crippen molar-refractivity contribution in [2.45, 2.75) is 101 Å². The fourth-order valence-corrected chi connectivity index (χ4v) is 2.93. The third kappa shape index (κ3) is 8.55. The minimum Gasteiger partial charge on any atom is -0.499 e. The van der Waals surface area contributed by atoms with Crippen molar-refractivity contribution < 1.29 is 19.0 Å². The predicted molar refractivity (Wildman–Crippen MR) is 117 cm³/mol. The number of ether oxygens (including phenoxy) is 3. The lowest BCUT2D eigenvalue weighted by Gasteiger charge is -2.43. The zero-order valence-electron chi connectivity index (χ0n) is 20.4. The maximum Gasteiger partial charge on any atom is 0.309 e. The van der Waals surface area contributed by atoms with E-state index in [9.17, 15) is 4.79 Å². The summed E-state index contributed by atoms with van der Waals surface area (Å²) in [6, 6.07) is 0. The second kappa shape index (κ2) is 10.7. The van der Waals surface area contributed by atoms with Crippen LogP contribution in [0.3, 0.4) is 0 Å². The van der Waals surface area contributed by atoms with Crippen LogP contribution < -0.4 is 0 Å². The van der Waals surface area contributed by atoms with E-state index in [1.807, 2.05) is 41.5 Å². The van der Waals surface area contributed by atoms with Crippen LogP contribution in [-0.4, -0.2) is 30.9 Å². The highest BCUT2D eigenvalue weighted by molar-refractivity contribution is 5.73. The van der Waals surface area contributed by atoms with E-state index in [0.29, 0.717) is 13.2 Å². The number of hydrogen-bond acceptors (Lipinski definition) is 4. The van der Waals surface area contributed by atoms with E-state index in [1.165, 1.54) is 0 Å². The number of carbonyl (C=O) groups is 1. The van der Waals surface area contributed by atoms with Gasteiger partial charge in [-0.15, -0.1) is 0 Å². The lowest BCUT2D eigenvalue weighted by molar-refractivity contribution is -0.178. The monoisotopic (exact) mass is 398 g/mol. The van der Waals surface area contributed by atoms with Crippen molar-refractivity contribution in [2.75, 3.05) is 13.2 Å². The highest BCUT2D eigenvalue weighted by Gasteiger charge is 2.42. The highest BCUT2D eigenvalue weighted by atomic mass is 16.6. The third-order valence-electron chi connectivity index (χ3n) is 6.61. The van der Waals surface area contributed by atoms with Gasteiger partial charge in [-0.2, -0.15) is 0 Å². The zero-order valence-corrected chi connectivity index (χ0v) is 20.4. The van der Waals surface area contributed by atoms with Crippen LogP contribution in [0.1, 0.15) is 89.0 Å². The molecule has 0 aliphatic rings. The fraction of sp³-hybridized carbons (Fsp3) is 0.875. The van der Waals surface area contributed by atoms with E-state index in [2.05, 4.69) is 41.2 Å². The van der Waals surface area contributed by atoms with Crippen LogP contribution in [0.4, 0.5) is 0 Å². The Morgan fingerprint density at radius 2 is 1.46 bits per heavy atom. The van der Waals surface area contributed by atoms with Gasteiger partial charge in [0.2, 0.25) is 0 Å². The molecular weight excluding hydrogens is 352 g/mol. The van der Waals surface area contributed by atoms with Crippen molar-refractivity contribution in [2.24, 2.45) is 22.7 Å². The largest absolute Gasteiger partial charge is 0.499 e. The molecule has 0 amide bonds. The van der Waals surface area contributed by atoms with E-state index in [4.69, 9.17) is 14.2 Å². The molecule has 4 nitrogen and oxygen atoms in total. The summed E-state index contributed by atoms with van der Waals surface area (Å²) in [7, 11) is 0. The van der Waals surface area contributed by atoms with Crippen LogP contribution in [0.2, 0.25) is 0 Å². The van der Waals surface area contributed by atoms with E-state index >= 15 is 0 Å². The molecule has 166 valence electrons. The summed E-state index contributed by atoms with van der Waals surface area (Å²) in [5.74, 6) is 0.560.